The summed E-state index contributed by atoms with van der Waals surface area (Å²) < 4.78 is 1.07. The highest BCUT2D eigenvalue weighted by Crippen LogP contribution is 2.25. The van der Waals surface area contributed by atoms with Crippen molar-refractivity contribution in [1.29, 1.82) is 5.26 Å². The summed E-state index contributed by atoms with van der Waals surface area (Å²) in [6.07, 6.45) is 1.21. The lowest BCUT2D eigenvalue weighted by Gasteiger charge is -2.29. The third-order valence-electron chi connectivity index (χ3n) is 2.66. The van der Waals surface area contributed by atoms with Gasteiger partial charge < -0.3 is 4.90 Å². The molecule has 1 fully saturated rings. The first kappa shape index (κ1) is 11.6. The van der Waals surface area contributed by atoms with Crippen molar-refractivity contribution >= 4 is 33.2 Å². The molecule has 1 aliphatic rings. The molecule has 5 heteroatoms. The molecule has 1 amide bonds. The maximum atomic E-state index is 11.7. The zero-order valence-corrected chi connectivity index (χ0v) is 11.1. The predicted molar refractivity (Wildman–Crippen MR) is 65.8 cm³/mol. The van der Waals surface area contributed by atoms with E-state index in [-0.39, 0.29) is 11.8 Å². The number of nitrogens with zero attached hydrogens (tertiary/aromatic N) is 2. The quantitative estimate of drug-likeness (QED) is 0.843. The van der Waals surface area contributed by atoms with Crippen LogP contribution in [0.5, 0.6) is 0 Å². The van der Waals surface area contributed by atoms with Crippen LogP contribution < -0.4 is 0 Å². The molecule has 1 aliphatic heterocycles. The van der Waals surface area contributed by atoms with Crippen LogP contribution in [0.15, 0.2) is 15.9 Å². The number of halogens is 1. The Labute approximate surface area is 107 Å². The van der Waals surface area contributed by atoms with E-state index in [1.807, 2.05) is 12.1 Å². The molecule has 0 N–H and O–H groups in total. The molecule has 16 heavy (non-hydrogen) atoms. The van der Waals surface area contributed by atoms with Crippen LogP contribution in [0.3, 0.4) is 0 Å². The van der Waals surface area contributed by atoms with Crippen LogP contribution >= 0.6 is 27.3 Å². The van der Waals surface area contributed by atoms with Crippen molar-refractivity contribution in [2.24, 2.45) is 5.92 Å². The highest BCUT2D eigenvalue weighted by Gasteiger charge is 2.25. The molecular weight excluding hydrogens is 288 g/mol. The zero-order chi connectivity index (χ0) is 11.5. The van der Waals surface area contributed by atoms with Gasteiger partial charge in [0.05, 0.1) is 22.3 Å². The number of hydrogen-bond acceptors (Lipinski definition) is 3. The van der Waals surface area contributed by atoms with Gasteiger partial charge in [0.25, 0.3) is 0 Å². The van der Waals surface area contributed by atoms with E-state index < -0.39 is 0 Å². The number of hydrogen-bond donors (Lipinski definition) is 0. The Balaban J connectivity index is 2.03. The van der Waals surface area contributed by atoms with Crippen LogP contribution in [0.25, 0.3) is 0 Å². The Morgan fingerprint density at radius 1 is 1.62 bits per heavy atom. The molecule has 0 spiro atoms. The molecule has 0 aliphatic carbocycles. The highest BCUT2D eigenvalue weighted by molar-refractivity contribution is 9.11. The predicted octanol–water partition coefficient (Wildman–Crippen LogP) is 2.77. The summed E-state index contributed by atoms with van der Waals surface area (Å²) in [6.45, 7) is 1.21. The van der Waals surface area contributed by atoms with Gasteiger partial charge in [0.15, 0.2) is 0 Å². The summed E-state index contributed by atoms with van der Waals surface area (Å²) in [4.78, 5) is 14.6. The normalized spacial score (nSPS) is 20.9. The van der Waals surface area contributed by atoms with Gasteiger partial charge in [-0.2, -0.15) is 5.26 Å². The van der Waals surface area contributed by atoms with Crippen molar-refractivity contribution in [3.63, 3.8) is 0 Å². The molecule has 84 valence electrons. The minimum atomic E-state index is 0.00102. The summed E-state index contributed by atoms with van der Waals surface area (Å²) in [5.41, 5.74) is 0. The highest BCUT2D eigenvalue weighted by atomic mass is 79.9. The summed E-state index contributed by atoms with van der Waals surface area (Å²) in [5.74, 6) is 0.164. The maximum Gasteiger partial charge on any atom is 0.222 e. The second-order valence-electron chi connectivity index (χ2n) is 3.84. The second-order valence-corrected chi connectivity index (χ2v) is 6.39. The van der Waals surface area contributed by atoms with Gasteiger partial charge in [-0.1, -0.05) is 0 Å². The standard InChI is InChI=1S/C11H11BrN2OS/c12-10-3-2-9(16-10)7-14-6-8(5-13)1-4-11(14)15/h2-3,8H,1,4,6-7H2. The van der Waals surface area contributed by atoms with E-state index in [2.05, 4.69) is 22.0 Å². The average molecular weight is 299 g/mol. The number of amides is 1. The average Bonchev–Trinajstić information content (AvgIpc) is 2.67. The molecule has 1 unspecified atom stereocenters. The SMILES string of the molecule is N#CC1CCC(=O)N(Cc2ccc(Br)s2)C1. The molecule has 0 saturated carbocycles. The van der Waals surface area contributed by atoms with Crippen LogP contribution in [0.1, 0.15) is 17.7 Å². The van der Waals surface area contributed by atoms with E-state index in [1.54, 1.807) is 16.2 Å². The van der Waals surface area contributed by atoms with Crippen LogP contribution in [-0.2, 0) is 11.3 Å². The van der Waals surface area contributed by atoms with Crippen molar-refractivity contribution < 1.29 is 4.79 Å². The molecule has 1 atom stereocenters. The van der Waals surface area contributed by atoms with E-state index >= 15 is 0 Å². The molecule has 0 bridgehead atoms. The summed E-state index contributed by atoms with van der Waals surface area (Å²) >= 11 is 5.03. The van der Waals surface area contributed by atoms with Crippen molar-refractivity contribution in [3.8, 4) is 6.07 Å². The number of carbonyl (C=O) groups excluding carboxylic acids is 1. The molecule has 1 aromatic rings. The summed E-state index contributed by atoms with van der Waals surface area (Å²) in [5, 5.41) is 8.87. The Morgan fingerprint density at radius 3 is 3.06 bits per heavy atom. The molecule has 0 radical (unpaired) electrons. The van der Waals surface area contributed by atoms with Gasteiger partial charge in [0, 0.05) is 17.8 Å². The lowest BCUT2D eigenvalue weighted by atomic mass is 9.99. The molecule has 1 saturated heterocycles. The number of carbonyl (C=O) groups is 1. The largest absolute Gasteiger partial charge is 0.336 e. The topological polar surface area (TPSA) is 44.1 Å². The van der Waals surface area contributed by atoms with Gasteiger partial charge in [0.2, 0.25) is 5.91 Å². The molecule has 2 heterocycles. The third-order valence-corrected chi connectivity index (χ3v) is 4.27. The van der Waals surface area contributed by atoms with Crippen molar-refractivity contribution in [2.75, 3.05) is 6.54 Å². The maximum absolute atomic E-state index is 11.7. The zero-order valence-electron chi connectivity index (χ0n) is 8.65. The first-order valence-electron chi connectivity index (χ1n) is 5.10. The van der Waals surface area contributed by atoms with Gasteiger partial charge in [-0.3, -0.25) is 4.79 Å². The Hall–Kier alpha value is -0.860. The van der Waals surface area contributed by atoms with E-state index in [9.17, 15) is 4.79 Å². The minimum absolute atomic E-state index is 0.00102. The Bertz CT molecular complexity index is 437. The van der Waals surface area contributed by atoms with Gasteiger partial charge in [-0.15, -0.1) is 11.3 Å². The van der Waals surface area contributed by atoms with Crippen LogP contribution in [0, 0.1) is 17.2 Å². The number of rotatable bonds is 2. The van der Waals surface area contributed by atoms with Gasteiger partial charge >= 0.3 is 0 Å². The lowest BCUT2D eigenvalue weighted by Crippen LogP contribution is -2.38. The first-order valence-corrected chi connectivity index (χ1v) is 6.71. The Kier molecular flexibility index (Phi) is 3.62. The number of nitriles is 1. The lowest BCUT2D eigenvalue weighted by molar-refractivity contribution is -0.134. The van der Waals surface area contributed by atoms with Gasteiger partial charge in [-0.25, -0.2) is 0 Å². The fraction of sp³-hybridized carbons (Fsp3) is 0.455. The fourth-order valence-corrected chi connectivity index (χ4v) is 3.30. The Morgan fingerprint density at radius 2 is 2.44 bits per heavy atom. The van der Waals surface area contributed by atoms with Crippen molar-refractivity contribution in [1.82, 2.24) is 4.90 Å². The summed E-state index contributed by atoms with van der Waals surface area (Å²) in [7, 11) is 0. The number of piperidine rings is 1. The van der Waals surface area contributed by atoms with Gasteiger partial charge in [-0.05, 0) is 34.5 Å². The second kappa shape index (κ2) is 4.98. The molecule has 1 aromatic heterocycles. The molecule has 0 aromatic carbocycles. The molecular formula is C11H11BrN2OS. The number of likely N-dealkylation sites (tertiary alicyclic amines) is 1. The van der Waals surface area contributed by atoms with E-state index in [0.717, 1.165) is 8.66 Å². The van der Waals surface area contributed by atoms with Crippen molar-refractivity contribution in [2.45, 2.75) is 19.4 Å². The van der Waals surface area contributed by atoms with Gasteiger partial charge in [0.1, 0.15) is 0 Å². The first-order chi connectivity index (χ1) is 7.69. The van der Waals surface area contributed by atoms with Crippen LogP contribution in [0.2, 0.25) is 0 Å². The van der Waals surface area contributed by atoms with E-state index in [0.29, 0.717) is 25.9 Å². The minimum Gasteiger partial charge on any atom is -0.336 e. The van der Waals surface area contributed by atoms with E-state index in [4.69, 9.17) is 5.26 Å². The summed E-state index contributed by atoms with van der Waals surface area (Å²) in [6, 6.07) is 6.24. The monoisotopic (exact) mass is 298 g/mol. The molecule has 2 rings (SSSR count). The van der Waals surface area contributed by atoms with E-state index in [1.165, 1.54) is 0 Å². The smallest absolute Gasteiger partial charge is 0.222 e. The third kappa shape index (κ3) is 2.63. The number of thiophene rings is 1. The fourth-order valence-electron chi connectivity index (χ4n) is 1.80. The van der Waals surface area contributed by atoms with Crippen LogP contribution in [0.4, 0.5) is 0 Å². The van der Waals surface area contributed by atoms with Crippen molar-refractivity contribution in [3.05, 3.63) is 20.8 Å². The molecule has 3 nitrogen and oxygen atoms in total. The van der Waals surface area contributed by atoms with Crippen LogP contribution in [-0.4, -0.2) is 17.4 Å².